The maximum absolute atomic E-state index is 13.3. The Morgan fingerprint density at radius 1 is 1.02 bits per heavy atom. The number of ether oxygens (including phenoxy) is 1. The Bertz CT molecular complexity index is 1810. The van der Waals surface area contributed by atoms with Crippen LogP contribution in [0.2, 0.25) is 0 Å². The second-order valence-electron chi connectivity index (χ2n) is 12.5. The largest absolute Gasteiger partial charge is 0.416 e. The number of imidazole rings is 1. The van der Waals surface area contributed by atoms with Crippen LogP contribution in [0.15, 0.2) is 43.0 Å². The highest BCUT2D eigenvalue weighted by Crippen LogP contribution is 2.37. The zero-order valence-corrected chi connectivity index (χ0v) is 25.2. The molecule has 2 saturated heterocycles. The average Bonchev–Trinajstić information content (AvgIpc) is 3.75. The van der Waals surface area contributed by atoms with Gasteiger partial charge in [-0.15, -0.1) is 10.2 Å². The number of fused-ring (bicyclic) bond motifs is 4. The zero-order chi connectivity index (χ0) is 30.7. The van der Waals surface area contributed by atoms with Gasteiger partial charge in [0.1, 0.15) is 11.8 Å². The number of benzene rings is 1. The van der Waals surface area contributed by atoms with Crippen LogP contribution in [0.5, 0.6) is 0 Å². The number of pyridine rings is 1. The van der Waals surface area contributed by atoms with E-state index in [1.54, 1.807) is 12.4 Å². The molecule has 2 aliphatic heterocycles. The lowest BCUT2D eigenvalue weighted by atomic mass is 9.94. The number of hydrogen-bond donors (Lipinski definition) is 0. The normalized spacial score (nSPS) is 22.6. The number of rotatable bonds is 6. The van der Waals surface area contributed by atoms with Gasteiger partial charge in [-0.2, -0.15) is 18.2 Å². The summed E-state index contributed by atoms with van der Waals surface area (Å²) in [6.07, 6.45) is 1.40. The Morgan fingerprint density at radius 2 is 1.86 bits per heavy atom. The Hall–Kier alpha value is -3.84. The van der Waals surface area contributed by atoms with Crippen molar-refractivity contribution in [2.45, 2.75) is 77.5 Å². The molecule has 0 bridgehead atoms. The second-order valence-corrected chi connectivity index (χ2v) is 12.5. The van der Waals surface area contributed by atoms with Crippen molar-refractivity contribution in [2.24, 2.45) is 5.92 Å². The molecular weight excluding hydrogens is 571 g/mol. The number of aromatic nitrogens is 7. The molecule has 10 nitrogen and oxygen atoms in total. The maximum Gasteiger partial charge on any atom is 0.416 e. The van der Waals surface area contributed by atoms with Gasteiger partial charge >= 0.3 is 6.18 Å². The third kappa shape index (κ3) is 5.05. The summed E-state index contributed by atoms with van der Waals surface area (Å²) < 4.78 is 49.8. The lowest BCUT2D eigenvalue weighted by molar-refractivity contribution is -0.137. The van der Waals surface area contributed by atoms with E-state index in [1.807, 2.05) is 16.8 Å². The summed E-state index contributed by atoms with van der Waals surface area (Å²) >= 11 is 0. The molecule has 5 aromatic rings. The van der Waals surface area contributed by atoms with Crippen LogP contribution in [-0.2, 0) is 17.5 Å². The van der Waals surface area contributed by atoms with Gasteiger partial charge in [0, 0.05) is 37.2 Å². The van der Waals surface area contributed by atoms with Gasteiger partial charge in [-0.3, -0.25) is 9.88 Å². The highest BCUT2D eigenvalue weighted by molar-refractivity contribution is 5.86. The van der Waals surface area contributed by atoms with Crippen molar-refractivity contribution in [1.29, 1.82) is 0 Å². The van der Waals surface area contributed by atoms with Gasteiger partial charge in [0.05, 0.1) is 41.8 Å². The van der Waals surface area contributed by atoms with E-state index in [-0.39, 0.29) is 30.1 Å². The lowest BCUT2D eigenvalue weighted by Gasteiger charge is -2.48. The molecule has 4 atom stereocenters. The summed E-state index contributed by atoms with van der Waals surface area (Å²) in [5, 5.41) is 8.91. The summed E-state index contributed by atoms with van der Waals surface area (Å²) in [5.74, 6) is 1.54. The minimum atomic E-state index is -4.39. The predicted molar refractivity (Wildman–Crippen MR) is 160 cm³/mol. The monoisotopic (exact) mass is 607 g/mol. The maximum atomic E-state index is 13.3. The van der Waals surface area contributed by atoms with Gasteiger partial charge in [-0.1, -0.05) is 19.9 Å². The molecule has 0 amide bonds. The molecule has 2 fully saturated rings. The van der Waals surface area contributed by atoms with Crippen LogP contribution in [0.4, 0.5) is 19.0 Å². The van der Waals surface area contributed by atoms with E-state index < -0.39 is 11.7 Å². The molecule has 0 aliphatic carbocycles. The first-order chi connectivity index (χ1) is 21.1. The minimum Gasteiger partial charge on any atom is -0.376 e. The van der Waals surface area contributed by atoms with E-state index in [9.17, 15) is 13.2 Å². The molecule has 0 radical (unpaired) electrons. The lowest BCUT2D eigenvalue weighted by Crippen LogP contribution is -2.58. The van der Waals surface area contributed by atoms with Crippen molar-refractivity contribution in [3.63, 3.8) is 0 Å². The molecule has 0 N–H and O–H groups in total. The fourth-order valence-electron chi connectivity index (χ4n) is 6.94. The predicted octanol–water partition coefficient (Wildman–Crippen LogP) is 5.52. The molecule has 44 heavy (non-hydrogen) atoms. The Kier molecular flexibility index (Phi) is 7.19. The molecule has 2 aliphatic rings. The molecule has 0 unspecified atom stereocenters. The number of nitrogens with zero attached hydrogens (tertiary/aromatic N) is 9. The number of anilines is 1. The molecule has 13 heteroatoms. The van der Waals surface area contributed by atoms with Crippen LogP contribution in [0.3, 0.4) is 0 Å². The fourth-order valence-corrected chi connectivity index (χ4v) is 6.94. The van der Waals surface area contributed by atoms with Gasteiger partial charge in [-0.05, 0) is 56.9 Å². The second kappa shape index (κ2) is 11.0. The molecular formula is C31H36F3N9O. The minimum absolute atomic E-state index is 0.0149. The van der Waals surface area contributed by atoms with Gasteiger partial charge in [0.25, 0.3) is 5.78 Å². The van der Waals surface area contributed by atoms with Crippen LogP contribution in [-0.4, -0.2) is 76.9 Å². The summed E-state index contributed by atoms with van der Waals surface area (Å²) in [6, 6.07) is 7.58. The Labute approximate surface area is 252 Å². The molecule has 7 rings (SSSR count). The first kappa shape index (κ1) is 28.9. The first-order valence-corrected chi connectivity index (χ1v) is 15.2. The van der Waals surface area contributed by atoms with Crippen LogP contribution >= 0.6 is 0 Å². The molecule has 0 saturated carbocycles. The van der Waals surface area contributed by atoms with Gasteiger partial charge in [0.2, 0.25) is 0 Å². The highest BCUT2D eigenvalue weighted by Gasteiger charge is 2.38. The molecule has 232 valence electrons. The SMILES string of the molecule is CC(C)[C@H](c1ccc2cc(C(F)(F)F)ccc2n1)N1C[C@H](C)N(c2nc3nncn3c3c2ncn3C[C@@H]2CCCO2)C[C@H]1C. The number of halogens is 3. The molecule has 1 aromatic carbocycles. The smallest absolute Gasteiger partial charge is 0.376 e. The number of alkyl halides is 3. The van der Waals surface area contributed by atoms with Crippen molar-refractivity contribution in [1.82, 2.24) is 39.0 Å². The van der Waals surface area contributed by atoms with Crippen molar-refractivity contribution >= 4 is 33.7 Å². The molecule has 0 spiro atoms. The van der Waals surface area contributed by atoms with Crippen LogP contribution < -0.4 is 4.90 Å². The average molecular weight is 608 g/mol. The van der Waals surface area contributed by atoms with Crippen LogP contribution in [0.25, 0.3) is 27.8 Å². The van der Waals surface area contributed by atoms with E-state index in [4.69, 9.17) is 19.7 Å². The Balaban J connectivity index is 1.20. The third-order valence-electron chi connectivity index (χ3n) is 9.05. The quantitative estimate of drug-likeness (QED) is 0.250. The van der Waals surface area contributed by atoms with Gasteiger partial charge in [0.15, 0.2) is 11.5 Å². The molecule has 6 heterocycles. The number of piperazine rings is 1. The van der Waals surface area contributed by atoms with E-state index in [0.29, 0.717) is 29.8 Å². The van der Waals surface area contributed by atoms with E-state index in [0.717, 1.165) is 54.7 Å². The molecule has 4 aromatic heterocycles. The van der Waals surface area contributed by atoms with Gasteiger partial charge in [-0.25, -0.2) is 9.38 Å². The topological polar surface area (TPSA) is 89.5 Å². The van der Waals surface area contributed by atoms with E-state index in [1.165, 1.54) is 12.1 Å². The van der Waals surface area contributed by atoms with Crippen LogP contribution in [0, 0.1) is 5.92 Å². The van der Waals surface area contributed by atoms with Crippen LogP contribution in [0.1, 0.15) is 57.8 Å². The fraction of sp³-hybridized carbons (Fsp3) is 0.516. The first-order valence-electron chi connectivity index (χ1n) is 15.2. The summed E-state index contributed by atoms with van der Waals surface area (Å²) in [4.78, 5) is 19.4. The highest BCUT2D eigenvalue weighted by atomic mass is 19.4. The Morgan fingerprint density at radius 3 is 2.61 bits per heavy atom. The van der Waals surface area contributed by atoms with E-state index in [2.05, 4.69) is 52.3 Å². The zero-order valence-electron chi connectivity index (χ0n) is 25.2. The van der Waals surface area contributed by atoms with Gasteiger partial charge < -0.3 is 14.2 Å². The van der Waals surface area contributed by atoms with Crippen molar-refractivity contribution in [2.75, 3.05) is 24.6 Å². The number of hydrogen-bond acceptors (Lipinski definition) is 8. The standard InChI is InChI=1S/C31H36F3N9O/c1-18(2)27(25-9-7-21-12-22(31(32,33)34)8-10-24(21)37-25)41-13-20(4)42(14-19(41)3)28-26-29(43-17-36-39-30(43)38-28)40(16-35-26)15-23-6-5-11-44-23/h7-10,12,16-20,23,27H,5-6,11,13-15H2,1-4H3/t19-,20+,23+,27-/m1/s1. The summed E-state index contributed by atoms with van der Waals surface area (Å²) in [5.41, 5.74) is 2.46. The van der Waals surface area contributed by atoms with Crippen molar-refractivity contribution in [3.8, 4) is 0 Å². The summed E-state index contributed by atoms with van der Waals surface area (Å²) in [6.45, 7) is 11.7. The third-order valence-corrected chi connectivity index (χ3v) is 9.05. The van der Waals surface area contributed by atoms with Crippen molar-refractivity contribution < 1.29 is 17.9 Å². The van der Waals surface area contributed by atoms with E-state index >= 15 is 0 Å². The van der Waals surface area contributed by atoms with Crippen molar-refractivity contribution in [3.05, 3.63) is 54.2 Å². The summed E-state index contributed by atoms with van der Waals surface area (Å²) in [7, 11) is 0.